The Labute approximate surface area is 172 Å². The average molecular weight is 419 g/mol. The quantitative estimate of drug-likeness (QED) is 0.316. The second-order valence-corrected chi connectivity index (χ2v) is 8.05. The van der Waals surface area contributed by atoms with Crippen molar-refractivity contribution < 1.29 is 26.2 Å². The number of aryl methyl sites for hydroxylation is 2. The molecule has 1 aliphatic rings. The SMILES string of the molecule is Cc1ccc(-c2cc3c(-c4ccccc4)c4c(cc3[cH-]2)CCC4)s1.[Zr]. The molecular weight excluding hydrogens is 400 g/mol. The molecule has 0 nitrogen and oxygen atoms in total. The zero-order valence-electron chi connectivity index (χ0n) is 14.3. The maximum Gasteiger partial charge on any atom is 0 e. The normalized spacial score (nSPS) is 13.0. The van der Waals surface area contributed by atoms with E-state index >= 15 is 0 Å². The summed E-state index contributed by atoms with van der Waals surface area (Å²) in [5.74, 6) is 0. The molecule has 122 valence electrons. The van der Waals surface area contributed by atoms with Crippen molar-refractivity contribution in [1.29, 1.82) is 0 Å². The zero-order valence-corrected chi connectivity index (χ0v) is 17.6. The van der Waals surface area contributed by atoms with Crippen molar-refractivity contribution in [3.63, 3.8) is 0 Å². The Morgan fingerprint density at radius 3 is 2.56 bits per heavy atom. The minimum absolute atomic E-state index is 0. The molecule has 0 bridgehead atoms. The molecule has 0 atom stereocenters. The van der Waals surface area contributed by atoms with Crippen molar-refractivity contribution in [3.8, 4) is 21.6 Å². The van der Waals surface area contributed by atoms with E-state index in [1.807, 2.05) is 11.3 Å². The van der Waals surface area contributed by atoms with Crippen molar-refractivity contribution in [2.75, 3.05) is 0 Å². The van der Waals surface area contributed by atoms with Crippen LogP contribution in [-0.2, 0) is 39.0 Å². The molecule has 0 spiro atoms. The number of fused-ring (bicyclic) bond motifs is 2. The first-order valence-corrected chi connectivity index (χ1v) is 9.49. The summed E-state index contributed by atoms with van der Waals surface area (Å²) < 4.78 is 0. The van der Waals surface area contributed by atoms with Gasteiger partial charge in [-0.3, -0.25) is 0 Å². The molecule has 0 unspecified atom stereocenters. The van der Waals surface area contributed by atoms with Crippen molar-refractivity contribution >= 4 is 22.1 Å². The van der Waals surface area contributed by atoms with E-state index in [4.69, 9.17) is 0 Å². The zero-order chi connectivity index (χ0) is 16.1. The summed E-state index contributed by atoms with van der Waals surface area (Å²) in [6, 6.07) is 22.6. The minimum Gasteiger partial charge on any atom is -0.182 e. The Bertz CT molecular complexity index is 1040. The van der Waals surface area contributed by atoms with Crippen LogP contribution in [0, 0.1) is 6.92 Å². The van der Waals surface area contributed by atoms with Crippen molar-refractivity contribution in [2.24, 2.45) is 0 Å². The summed E-state index contributed by atoms with van der Waals surface area (Å²) in [6.07, 6.45) is 3.73. The van der Waals surface area contributed by atoms with Gasteiger partial charge in [0.1, 0.15) is 0 Å². The van der Waals surface area contributed by atoms with Crippen LogP contribution < -0.4 is 0 Å². The first-order chi connectivity index (χ1) is 11.8. The number of benzene rings is 2. The maximum absolute atomic E-state index is 2.44. The third kappa shape index (κ3) is 2.90. The summed E-state index contributed by atoms with van der Waals surface area (Å²) in [5.41, 5.74) is 7.33. The monoisotopic (exact) mass is 417 g/mol. The molecule has 0 radical (unpaired) electrons. The Morgan fingerprint density at radius 1 is 0.960 bits per heavy atom. The van der Waals surface area contributed by atoms with Gasteiger partial charge in [-0.15, -0.1) is 34.5 Å². The standard InChI is InChI=1S/C23H19S.Zr/c1-15-10-11-22(24-15)19-13-18-12-17-8-5-9-20(17)23(21(18)14-19)16-6-3-2-4-7-16;/h2-4,6-7,10-14H,5,8-9H2,1H3;/q-1;. The molecule has 0 saturated heterocycles. The second kappa shape index (κ2) is 6.74. The first-order valence-electron chi connectivity index (χ1n) is 8.67. The van der Waals surface area contributed by atoms with E-state index in [9.17, 15) is 0 Å². The van der Waals surface area contributed by atoms with E-state index in [-0.39, 0.29) is 26.2 Å². The van der Waals surface area contributed by atoms with Crippen LogP contribution in [0.4, 0.5) is 0 Å². The maximum atomic E-state index is 2.44. The molecular formula is C23H19SZr-. The van der Waals surface area contributed by atoms with Crippen molar-refractivity contribution in [1.82, 2.24) is 0 Å². The van der Waals surface area contributed by atoms with Crippen LogP contribution in [0.15, 0.2) is 60.7 Å². The van der Waals surface area contributed by atoms with Gasteiger partial charge in [0.2, 0.25) is 0 Å². The summed E-state index contributed by atoms with van der Waals surface area (Å²) >= 11 is 1.89. The smallest absolute Gasteiger partial charge is 0 e. The molecule has 1 aliphatic carbocycles. The Balaban J connectivity index is 0.00000157. The molecule has 0 N–H and O–H groups in total. The molecule has 0 amide bonds. The van der Waals surface area contributed by atoms with E-state index in [2.05, 4.69) is 67.6 Å². The first kappa shape index (κ1) is 17.1. The molecule has 0 aliphatic heterocycles. The number of thiophene rings is 1. The molecule has 25 heavy (non-hydrogen) atoms. The molecule has 2 heteroatoms. The van der Waals surface area contributed by atoms with E-state index in [1.165, 1.54) is 56.5 Å². The fraction of sp³-hybridized carbons (Fsp3) is 0.174. The largest absolute Gasteiger partial charge is 0.182 e. The number of hydrogen-bond donors (Lipinski definition) is 0. The Hall–Kier alpha value is -1.37. The van der Waals surface area contributed by atoms with Crippen molar-refractivity contribution in [3.05, 3.63) is 76.7 Å². The topological polar surface area (TPSA) is 0 Å². The molecule has 1 heterocycles. The van der Waals surface area contributed by atoms with Crippen LogP contribution in [0.25, 0.3) is 32.3 Å². The molecule has 5 rings (SSSR count). The van der Waals surface area contributed by atoms with Crippen LogP contribution in [-0.4, -0.2) is 0 Å². The molecule has 0 fully saturated rings. The molecule has 4 aromatic rings. The molecule has 0 saturated carbocycles. The van der Waals surface area contributed by atoms with Crippen molar-refractivity contribution in [2.45, 2.75) is 26.2 Å². The summed E-state index contributed by atoms with van der Waals surface area (Å²) in [7, 11) is 0. The summed E-state index contributed by atoms with van der Waals surface area (Å²) in [4.78, 5) is 2.75. The van der Waals surface area contributed by atoms with E-state index in [0.717, 1.165) is 0 Å². The number of rotatable bonds is 2. The van der Waals surface area contributed by atoms with Gasteiger partial charge in [0.15, 0.2) is 0 Å². The predicted octanol–water partition coefficient (Wildman–Crippen LogP) is 6.75. The van der Waals surface area contributed by atoms with Crippen LogP contribution in [0.2, 0.25) is 0 Å². The van der Waals surface area contributed by atoms with Crippen LogP contribution >= 0.6 is 11.3 Å². The van der Waals surface area contributed by atoms with Gasteiger partial charge in [0.05, 0.1) is 0 Å². The second-order valence-electron chi connectivity index (χ2n) is 6.77. The Morgan fingerprint density at radius 2 is 1.80 bits per heavy atom. The number of hydrogen-bond acceptors (Lipinski definition) is 1. The van der Waals surface area contributed by atoms with Gasteiger partial charge in [-0.2, -0.15) is 11.3 Å². The van der Waals surface area contributed by atoms with Gasteiger partial charge in [0, 0.05) is 26.2 Å². The summed E-state index contributed by atoms with van der Waals surface area (Å²) in [5, 5.41) is 2.82. The Kier molecular flexibility index (Phi) is 4.60. The van der Waals surface area contributed by atoms with Gasteiger partial charge >= 0.3 is 0 Å². The van der Waals surface area contributed by atoms with Gasteiger partial charge in [-0.25, -0.2) is 0 Å². The third-order valence-corrected chi connectivity index (χ3v) is 6.22. The van der Waals surface area contributed by atoms with Gasteiger partial charge < -0.3 is 0 Å². The third-order valence-electron chi connectivity index (χ3n) is 5.17. The van der Waals surface area contributed by atoms with Gasteiger partial charge in [-0.05, 0) is 47.1 Å². The van der Waals surface area contributed by atoms with Crippen LogP contribution in [0.1, 0.15) is 22.4 Å². The van der Waals surface area contributed by atoms with Gasteiger partial charge in [-0.1, -0.05) is 53.6 Å². The fourth-order valence-corrected chi connectivity index (χ4v) is 4.95. The fourth-order valence-electron chi connectivity index (χ4n) is 4.09. The van der Waals surface area contributed by atoms with Crippen LogP contribution in [0.5, 0.6) is 0 Å². The average Bonchev–Trinajstić information content (AvgIpc) is 3.31. The predicted molar refractivity (Wildman–Crippen MR) is 105 cm³/mol. The van der Waals surface area contributed by atoms with Crippen LogP contribution in [0.3, 0.4) is 0 Å². The molecule has 3 aromatic carbocycles. The van der Waals surface area contributed by atoms with E-state index in [1.54, 1.807) is 11.1 Å². The minimum atomic E-state index is 0. The summed E-state index contributed by atoms with van der Waals surface area (Å²) in [6.45, 7) is 2.18. The molecule has 1 aromatic heterocycles. The van der Waals surface area contributed by atoms with E-state index < -0.39 is 0 Å². The van der Waals surface area contributed by atoms with E-state index in [0.29, 0.717) is 0 Å². The van der Waals surface area contributed by atoms with Gasteiger partial charge in [0.25, 0.3) is 0 Å².